The lowest BCUT2D eigenvalue weighted by Crippen LogP contribution is -2.44. The van der Waals surface area contributed by atoms with Gasteiger partial charge < -0.3 is 15.6 Å². The van der Waals surface area contributed by atoms with E-state index in [1.165, 1.54) is 5.56 Å². The highest BCUT2D eigenvalue weighted by molar-refractivity contribution is 5.83. The van der Waals surface area contributed by atoms with Crippen molar-refractivity contribution in [2.75, 3.05) is 31.5 Å². The Labute approximate surface area is 188 Å². The first-order valence-electron chi connectivity index (χ1n) is 11.3. The molecule has 1 fully saturated rings. The van der Waals surface area contributed by atoms with Crippen LogP contribution in [0.1, 0.15) is 38.4 Å². The first kappa shape index (κ1) is 20.7. The zero-order valence-corrected chi connectivity index (χ0v) is 18.8. The van der Waals surface area contributed by atoms with E-state index in [2.05, 4.69) is 75.6 Å². The Morgan fingerprint density at radius 3 is 2.66 bits per heavy atom. The maximum absolute atomic E-state index is 4.70. The molecule has 0 saturated carbocycles. The minimum absolute atomic E-state index is 0.302. The Morgan fingerprint density at radius 2 is 1.84 bits per heavy atom. The van der Waals surface area contributed by atoms with Crippen LogP contribution in [0, 0.1) is 0 Å². The van der Waals surface area contributed by atoms with Crippen LogP contribution in [0.5, 0.6) is 0 Å². The Bertz CT molecular complexity index is 1200. The molecule has 1 aromatic carbocycles. The van der Waals surface area contributed by atoms with Crippen LogP contribution in [0.3, 0.4) is 0 Å². The molecule has 3 aromatic heterocycles. The molecule has 1 aliphatic heterocycles. The number of imidazole rings is 1. The van der Waals surface area contributed by atoms with Gasteiger partial charge in [0.2, 0.25) is 5.95 Å². The van der Waals surface area contributed by atoms with Gasteiger partial charge in [-0.1, -0.05) is 6.07 Å². The zero-order chi connectivity index (χ0) is 22.1. The van der Waals surface area contributed by atoms with Gasteiger partial charge in [0.15, 0.2) is 0 Å². The second-order valence-electron chi connectivity index (χ2n) is 8.63. The smallest absolute Gasteiger partial charge is 0.206 e. The summed E-state index contributed by atoms with van der Waals surface area (Å²) in [6.07, 6.45) is 3.71. The molecule has 0 spiro atoms. The Morgan fingerprint density at radius 1 is 1.00 bits per heavy atom. The summed E-state index contributed by atoms with van der Waals surface area (Å²) in [5.41, 5.74) is 5.36. The number of benzene rings is 1. The molecule has 4 heterocycles. The molecule has 1 unspecified atom stereocenters. The number of piperazine rings is 1. The monoisotopic (exact) mass is 430 g/mol. The number of hydrogen-bond donors (Lipinski definition) is 3. The predicted molar refractivity (Wildman–Crippen MR) is 128 cm³/mol. The molecule has 8 nitrogen and oxygen atoms in total. The van der Waals surface area contributed by atoms with Gasteiger partial charge in [0.05, 0.1) is 16.7 Å². The van der Waals surface area contributed by atoms with Crippen LogP contribution in [-0.2, 0) is 0 Å². The fourth-order valence-electron chi connectivity index (χ4n) is 4.36. The van der Waals surface area contributed by atoms with Crippen LogP contribution in [0.2, 0.25) is 0 Å². The minimum atomic E-state index is 0.302. The van der Waals surface area contributed by atoms with Crippen LogP contribution in [0.4, 0.5) is 11.8 Å². The molecule has 8 heteroatoms. The Kier molecular flexibility index (Phi) is 5.63. The normalized spacial score (nSPS) is 16.0. The lowest BCUT2D eigenvalue weighted by molar-refractivity contribution is 0.185. The van der Waals surface area contributed by atoms with Gasteiger partial charge in [0, 0.05) is 56.2 Å². The second-order valence-corrected chi connectivity index (χ2v) is 8.63. The quantitative estimate of drug-likeness (QED) is 0.427. The Hall–Kier alpha value is -3.23. The van der Waals surface area contributed by atoms with Gasteiger partial charge in [0.1, 0.15) is 5.82 Å². The van der Waals surface area contributed by atoms with Crippen molar-refractivity contribution in [3.8, 4) is 11.3 Å². The van der Waals surface area contributed by atoms with Crippen molar-refractivity contribution in [2.45, 2.75) is 32.9 Å². The zero-order valence-electron chi connectivity index (χ0n) is 18.8. The lowest BCUT2D eigenvalue weighted by Gasteiger charge is -2.33. The number of aromatic nitrogens is 5. The van der Waals surface area contributed by atoms with E-state index in [9.17, 15) is 0 Å². The summed E-state index contributed by atoms with van der Waals surface area (Å²) in [7, 11) is 0. The number of rotatable bonds is 6. The average molecular weight is 431 g/mol. The van der Waals surface area contributed by atoms with Crippen molar-refractivity contribution < 1.29 is 0 Å². The summed E-state index contributed by atoms with van der Waals surface area (Å²) in [6.45, 7) is 10.7. The lowest BCUT2D eigenvalue weighted by atomic mass is 10.1. The third-order valence-electron chi connectivity index (χ3n) is 6.15. The van der Waals surface area contributed by atoms with Crippen LogP contribution in [0.25, 0.3) is 22.3 Å². The van der Waals surface area contributed by atoms with Crippen molar-refractivity contribution in [2.24, 2.45) is 0 Å². The molecule has 0 bridgehead atoms. The molecule has 0 radical (unpaired) electrons. The van der Waals surface area contributed by atoms with Gasteiger partial charge in [-0.2, -0.15) is 5.10 Å². The maximum Gasteiger partial charge on any atom is 0.206 e. The number of hydrogen-bond acceptors (Lipinski definition) is 6. The molecule has 166 valence electrons. The van der Waals surface area contributed by atoms with E-state index >= 15 is 0 Å². The highest BCUT2D eigenvalue weighted by Crippen LogP contribution is 2.27. The Balaban J connectivity index is 1.37. The van der Waals surface area contributed by atoms with E-state index in [1.54, 1.807) is 0 Å². The number of nitrogens with one attached hydrogen (secondary N) is 3. The fourth-order valence-corrected chi connectivity index (χ4v) is 4.36. The topological polar surface area (TPSA) is 86.7 Å². The molecule has 3 N–H and O–H groups in total. The summed E-state index contributed by atoms with van der Waals surface area (Å²) < 4.78 is 2.03. The van der Waals surface area contributed by atoms with Crippen LogP contribution in [-0.4, -0.2) is 55.8 Å². The summed E-state index contributed by atoms with van der Waals surface area (Å²) in [4.78, 5) is 15.1. The van der Waals surface area contributed by atoms with Gasteiger partial charge in [-0.15, -0.1) is 0 Å². The highest BCUT2D eigenvalue weighted by Gasteiger charge is 2.18. The molecule has 32 heavy (non-hydrogen) atoms. The van der Waals surface area contributed by atoms with Gasteiger partial charge in [-0.05, 0) is 56.7 Å². The van der Waals surface area contributed by atoms with Crippen LogP contribution in [0.15, 0.2) is 48.8 Å². The third-order valence-corrected chi connectivity index (χ3v) is 6.15. The van der Waals surface area contributed by atoms with Crippen molar-refractivity contribution in [1.29, 1.82) is 0 Å². The number of aromatic amines is 1. The first-order chi connectivity index (χ1) is 15.6. The largest absolute Gasteiger partial charge is 0.324 e. The van der Waals surface area contributed by atoms with Gasteiger partial charge in [0.25, 0.3) is 0 Å². The fraction of sp³-hybridized carbons (Fsp3) is 0.375. The van der Waals surface area contributed by atoms with E-state index in [4.69, 9.17) is 4.98 Å². The SMILES string of the molecule is CC(c1ccnc(Nc2nc3ccc(-c4ccnn4C(C)C)cc3[nH]2)c1)N1CCNCC1. The molecule has 4 aromatic rings. The van der Waals surface area contributed by atoms with Crippen molar-refractivity contribution >= 4 is 22.8 Å². The average Bonchev–Trinajstić information content (AvgIpc) is 3.45. The predicted octanol–water partition coefficient (Wildman–Crippen LogP) is 4.11. The second kappa shape index (κ2) is 8.72. The number of pyridine rings is 1. The summed E-state index contributed by atoms with van der Waals surface area (Å²) >= 11 is 0. The maximum atomic E-state index is 4.70. The minimum Gasteiger partial charge on any atom is -0.324 e. The molecular weight excluding hydrogens is 400 g/mol. The summed E-state index contributed by atoms with van der Waals surface area (Å²) in [5.74, 6) is 1.48. The van der Waals surface area contributed by atoms with E-state index in [-0.39, 0.29) is 0 Å². The third kappa shape index (κ3) is 4.11. The number of fused-ring (bicyclic) bond motifs is 1. The number of nitrogens with zero attached hydrogens (tertiary/aromatic N) is 5. The number of anilines is 2. The molecule has 0 aliphatic carbocycles. The van der Waals surface area contributed by atoms with Crippen LogP contribution >= 0.6 is 0 Å². The van der Waals surface area contributed by atoms with Crippen molar-refractivity contribution in [3.05, 3.63) is 54.4 Å². The van der Waals surface area contributed by atoms with E-state index < -0.39 is 0 Å². The van der Waals surface area contributed by atoms with Gasteiger partial charge >= 0.3 is 0 Å². The highest BCUT2D eigenvalue weighted by atomic mass is 15.3. The van der Waals surface area contributed by atoms with Gasteiger partial charge in [-0.25, -0.2) is 9.97 Å². The van der Waals surface area contributed by atoms with E-state index in [0.717, 1.165) is 54.3 Å². The summed E-state index contributed by atoms with van der Waals surface area (Å²) in [5, 5.41) is 11.2. The number of H-pyrrole nitrogens is 1. The van der Waals surface area contributed by atoms with Crippen LogP contribution < -0.4 is 10.6 Å². The van der Waals surface area contributed by atoms with Gasteiger partial charge in [-0.3, -0.25) is 9.58 Å². The van der Waals surface area contributed by atoms with Crippen molar-refractivity contribution in [1.82, 2.24) is 34.9 Å². The van der Waals surface area contributed by atoms with E-state index in [1.807, 2.05) is 29.2 Å². The van der Waals surface area contributed by atoms with E-state index in [0.29, 0.717) is 18.0 Å². The standard InChI is InChI=1S/C24H30N8/c1-16(2)32-22(7-9-27-32)19-4-5-20-21(14-19)29-24(28-20)30-23-15-18(6-8-26-23)17(3)31-12-10-25-11-13-31/h4-9,14-17,25H,10-13H2,1-3H3,(H2,26,28,29,30). The first-order valence-corrected chi connectivity index (χ1v) is 11.3. The molecule has 1 atom stereocenters. The molecule has 0 amide bonds. The molecule has 5 rings (SSSR count). The van der Waals surface area contributed by atoms with Crippen molar-refractivity contribution in [3.63, 3.8) is 0 Å². The molecule has 1 saturated heterocycles. The molecule has 1 aliphatic rings. The summed E-state index contributed by atoms with van der Waals surface area (Å²) in [6, 6.07) is 13.2. The molecular formula is C24H30N8.